The zero-order chi connectivity index (χ0) is 6.97. The summed E-state index contributed by atoms with van der Waals surface area (Å²) in [4.78, 5) is 0. The van der Waals surface area contributed by atoms with Crippen LogP contribution in [0.2, 0.25) is 0 Å². The molecule has 0 spiro atoms. The maximum Gasteiger partial charge on any atom is 0.132 e. The van der Waals surface area contributed by atoms with Crippen molar-refractivity contribution in [2.45, 2.75) is 24.6 Å². The molecule has 10 heavy (non-hydrogen) atoms. The van der Waals surface area contributed by atoms with Gasteiger partial charge in [-0.1, -0.05) is 11.3 Å². The third-order valence-corrected chi connectivity index (χ3v) is 3.02. The molecule has 0 aliphatic heterocycles. The Bertz CT molecular complexity index is 231. The Morgan fingerprint density at radius 1 is 1.50 bits per heavy atom. The Morgan fingerprint density at radius 3 is 2.80 bits per heavy atom. The minimum absolute atomic E-state index is 0.504. The van der Waals surface area contributed by atoms with Gasteiger partial charge in [0.2, 0.25) is 0 Å². The van der Waals surface area contributed by atoms with Crippen LogP contribution >= 0.6 is 22.9 Å². The van der Waals surface area contributed by atoms with Gasteiger partial charge in [-0.3, -0.25) is 0 Å². The third kappa shape index (κ3) is 1.16. The molecule has 2 nitrogen and oxygen atoms in total. The van der Waals surface area contributed by atoms with Crippen LogP contribution in [0.15, 0.2) is 0 Å². The summed E-state index contributed by atoms with van der Waals surface area (Å²) in [6.07, 6.45) is 2.58. The Labute approximate surface area is 68.2 Å². The second-order valence-corrected chi connectivity index (χ2v) is 3.80. The van der Waals surface area contributed by atoms with E-state index in [0.717, 1.165) is 10.9 Å². The highest BCUT2D eigenvalue weighted by Gasteiger charge is 2.27. The van der Waals surface area contributed by atoms with Crippen LogP contribution in [0.4, 0.5) is 0 Å². The van der Waals surface area contributed by atoms with E-state index in [4.69, 9.17) is 11.6 Å². The van der Waals surface area contributed by atoms with Crippen molar-refractivity contribution in [3.8, 4) is 0 Å². The third-order valence-electron chi connectivity index (χ3n) is 1.52. The Balaban J connectivity index is 2.19. The van der Waals surface area contributed by atoms with E-state index in [2.05, 4.69) is 10.2 Å². The number of hydrogen-bond donors (Lipinski definition) is 0. The van der Waals surface area contributed by atoms with E-state index in [-0.39, 0.29) is 0 Å². The van der Waals surface area contributed by atoms with Crippen LogP contribution in [-0.2, 0) is 5.88 Å². The maximum absolute atomic E-state index is 5.57. The fourth-order valence-electron chi connectivity index (χ4n) is 0.816. The largest absolute Gasteiger partial charge is 0.143 e. The van der Waals surface area contributed by atoms with Gasteiger partial charge in [0, 0.05) is 5.92 Å². The molecule has 0 unspecified atom stereocenters. The van der Waals surface area contributed by atoms with Crippen molar-refractivity contribution in [2.24, 2.45) is 0 Å². The van der Waals surface area contributed by atoms with E-state index in [0.29, 0.717) is 5.88 Å². The van der Waals surface area contributed by atoms with Gasteiger partial charge in [0.1, 0.15) is 10.0 Å². The molecule has 0 radical (unpaired) electrons. The summed E-state index contributed by atoms with van der Waals surface area (Å²) in [7, 11) is 0. The highest BCUT2D eigenvalue weighted by atomic mass is 35.5. The molecule has 1 saturated carbocycles. The molecule has 1 aliphatic rings. The Kier molecular flexibility index (Phi) is 1.62. The second-order valence-electron chi connectivity index (χ2n) is 2.44. The predicted octanol–water partition coefficient (Wildman–Crippen LogP) is 2.15. The van der Waals surface area contributed by atoms with Crippen molar-refractivity contribution in [1.82, 2.24) is 10.2 Å². The summed E-state index contributed by atoms with van der Waals surface area (Å²) in [5, 5.41) is 10.1. The van der Waals surface area contributed by atoms with Crippen LogP contribution in [0.1, 0.15) is 28.8 Å². The monoisotopic (exact) mass is 174 g/mol. The van der Waals surface area contributed by atoms with Gasteiger partial charge in [-0.25, -0.2) is 0 Å². The number of aromatic nitrogens is 2. The first-order chi connectivity index (χ1) is 4.90. The predicted molar refractivity (Wildman–Crippen MR) is 41.4 cm³/mol. The summed E-state index contributed by atoms with van der Waals surface area (Å²) in [5.41, 5.74) is 0. The van der Waals surface area contributed by atoms with Crippen LogP contribution in [-0.4, -0.2) is 10.2 Å². The molecular formula is C6H7ClN2S. The van der Waals surface area contributed by atoms with Gasteiger partial charge in [-0.05, 0) is 12.8 Å². The Morgan fingerprint density at radius 2 is 2.30 bits per heavy atom. The highest BCUT2D eigenvalue weighted by molar-refractivity contribution is 7.11. The maximum atomic E-state index is 5.57. The van der Waals surface area contributed by atoms with Crippen LogP contribution in [0.5, 0.6) is 0 Å². The standard InChI is InChI=1S/C6H7ClN2S/c7-3-5-8-9-6(10-5)4-1-2-4/h4H,1-3H2. The van der Waals surface area contributed by atoms with Crippen LogP contribution < -0.4 is 0 Å². The van der Waals surface area contributed by atoms with Gasteiger partial charge < -0.3 is 0 Å². The summed E-state index contributed by atoms with van der Waals surface area (Å²) in [6.45, 7) is 0. The number of alkyl halides is 1. The average molecular weight is 175 g/mol. The molecular weight excluding hydrogens is 168 g/mol. The topological polar surface area (TPSA) is 25.8 Å². The van der Waals surface area contributed by atoms with E-state index >= 15 is 0 Å². The van der Waals surface area contributed by atoms with Gasteiger partial charge in [-0.2, -0.15) is 0 Å². The molecule has 1 fully saturated rings. The minimum atomic E-state index is 0.504. The van der Waals surface area contributed by atoms with Crippen LogP contribution in [0.3, 0.4) is 0 Å². The molecule has 0 saturated heterocycles. The number of halogens is 1. The number of rotatable bonds is 2. The highest BCUT2D eigenvalue weighted by Crippen LogP contribution is 2.41. The van der Waals surface area contributed by atoms with Gasteiger partial charge in [-0.15, -0.1) is 21.8 Å². The van der Waals surface area contributed by atoms with Gasteiger partial charge >= 0.3 is 0 Å². The van der Waals surface area contributed by atoms with Crippen molar-refractivity contribution in [1.29, 1.82) is 0 Å². The van der Waals surface area contributed by atoms with E-state index in [9.17, 15) is 0 Å². The van der Waals surface area contributed by atoms with E-state index in [1.807, 2.05) is 0 Å². The molecule has 1 aromatic rings. The van der Waals surface area contributed by atoms with Crippen LogP contribution in [0, 0.1) is 0 Å². The molecule has 0 bridgehead atoms. The molecule has 0 aromatic carbocycles. The van der Waals surface area contributed by atoms with Crippen molar-refractivity contribution in [3.05, 3.63) is 10.0 Å². The molecule has 54 valence electrons. The number of hydrogen-bond acceptors (Lipinski definition) is 3. The summed E-state index contributed by atoms with van der Waals surface area (Å²) < 4.78 is 0. The summed E-state index contributed by atoms with van der Waals surface area (Å²) in [5.74, 6) is 1.22. The second kappa shape index (κ2) is 2.47. The van der Waals surface area contributed by atoms with Gasteiger partial charge in [0.25, 0.3) is 0 Å². The lowest BCUT2D eigenvalue weighted by molar-refractivity contribution is 0.954. The SMILES string of the molecule is ClCc1nnc(C2CC2)s1. The van der Waals surface area contributed by atoms with Crippen molar-refractivity contribution in [2.75, 3.05) is 0 Å². The van der Waals surface area contributed by atoms with Crippen LogP contribution in [0.25, 0.3) is 0 Å². The van der Waals surface area contributed by atoms with Crippen molar-refractivity contribution in [3.63, 3.8) is 0 Å². The molecule has 4 heteroatoms. The zero-order valence-corrected chi connectivity index (χ0v) is 6.95. The molecule has 1 aromatic heterocycles. The summed E-state index contributed by atoms with van der Waals surface area (Å²) >= 11 is 7.22. The van der Waals surface area contributed by atoms with E-state index in [1.54, 1.807) is 11.3 Å². The molecule has 1 heterocycles. The Hall–Kier alpha value is -0.150. The lowest BCUT2D eigenvalue weighted by Gasteiger charge is -1.80. The molecule has 2 rings (SSSR count). The molecule has 1 aliphatic carbocycles. The fourth-order valence-corrected chi connectivity index (χ4v) is 1.89. The molecule has 0 amide bonds. The number of nitrogens with zero attached hydrogens (tertiary/aromatic N) is 2. The van der Waals surface area contributed by atoms with Gasteiger partial charge in [0.15, 0.2) is 0 Å². The average Bonchev–Trinajstić information content (AvgIpc) is 2.70. The lowest BCUT2D eigenvalue weighted by Crippen LogP contribution is -1.76. The minimum Gasteiger partial charge on any atom is -0.143 e. The summed E-state index contributed by atoms with van der Waals surface area (Å²) in [6, 6.07) is 0. The van der Waals surface area contributed by atoms with E-state index < -0.39 is 0 Å². The first-order valence-corrected chi connectivity index (χ1v) is 4.63. The molecule has 0 atom stereocenters. The lowest BCUT2D eigenvalue weighted by atomic mass is 10.5. The smallest absolute Gasteiger partial charge is 0.132 e. The van der Waals surface area contributed by atoms with Gasteiger partial charge in [0.05, 0.1) is 5.88 Å². The normalized spacial score (nSPS) is 17.7. The van der Waals surface area contributed by atoms with E-state index in [1.165, 1.54) is 17.8 Å². The molecule has 0 N–H and O–H groups in total. The van der Waals surface area contributed by atoms with Crippen molar-refractivity contribution >= 4 is 22.9 Å². The zero-order valence-electron chi connectivity index (χ0n) is 5.38. The van der Waals surface area contributed by atoms with Crippen molar-refractivity contribution < 1.29 is 0 Å². The quantitative estimate of drug-likeness (QED) is 0.643. The first kappa shape index (κ1) is 6.55. The first-order valence-electron chi connectivity index (χ1n) is 3.28. The fraction of sp³-hybridized carbons (Fsp3) is 0.667.